The van der Waals surface area contributed by atoms with Crippen LogP contribution in [0.15, 0.2) is 0 Å². The fraction of sp³-hybridized carbons (Fsp3) is 0.846. The Kier molecular flexibility index (Phi) is 7.41. The number of carbonyl (C=O) groups is 2. The Hall–Kier alpha value is -1.10. The van der Waals surface area contributed by atoms with Crippen molar-refractivity contribution >= 4 is 11.9 Å². The van der Waals surface area contributed by atoms with Crippen LogP contribution in [-0.2, 0) is 9.59 Å². The summed E-state index contributed by atoms with van der Waals surface area (Å²) < 4.78 is 0. The Bertz CT molecular complexity index is 261. The van der Waals surface area contributed by atoms with Crippen LogP contribution in [0.25, 0.3) is 0 Å². The average molecular weight is 256 g/mol. The molecule has 18 heavy (non-hydrogen) atoms. The monoisotopic (exact) mass is 256 g/mol. The fourth-order valence-corrected chi connectivity index (χ4v) is 2.20. The van der Waals surface area contributed by atoms with Gasteiger partial charge in [-0.25, -0.2) is 0 Å². The first-order chi connectivity index (χ1) is 8.68. The predicted octanol–water partition coefficient (Wildman–Crippen LogP) is 1.23. The molecule has 0 unspecified atom stereocenters. The molecule has 104 valence electrons. The number of carboxylic acid groups (broad SMARTS) is 1. The van der Waals surface area contributed by atoms with Crippen LogP contribution < -0.4 is 5.32 Å². The molecule has 5 heteroatoms. The molecule has 0 aromatic heterocycles. The number of nitrogens with one attached hydrogen (secondary N) is 1. The van der Waals surface area contributed by atoms with Gasteiger partial charge in [-0.3, -0.25) is 9.59 Å². The molecule has 0 spiro atoms. The quantitative estimate of drug-likeness (QED) is 0.672. The number of hydrogen-bond donors (Lipinski definition) is 2. The van der Waals surface area contributed by atoms with Gasteiger partial charge in [-0.05, 0) is 38.9 Å². The van der Waals surface area contributed by atoms with E-state index in [9.17, 15) is 9.59 Å². The first kappa shape index (κ1) is 15.0. The Morgan fingerprint density at radius 1 is 1.06 bits per heavy atom. The minimum atomic E-state index is -0.922. The normalized spacial score (nSPS) is 17.1. The summed E-state index contributed by atoms with van der Waals surface area (Å²) in [5.74, 6) is -1.08. The third-order valence-corrected chi connectivity index (χ3v) is 3.24. The number of nitrogens with zero attached hydrogens (tertiary/aromatic N) is 1. The smallest absolute Gasteiger partial charge is 0.303 e. The molecule has 1 fully saturated rings. The second-order valence-corrected chi connectivity index (χ2v) is 4.85. The highest BCUT2D eigenvalue weighted by Crippen LogP contribution is 2.09. The van der Waals surface area contributed by atoms with Crippen molar-refractivity contribution in [3.05, 3.63) is 0 Å². The minimum absolute atomic E-state index is 0.0824. The summed E-state index contributed by atoms with van der Waals surface area (Å²) in [5.41, 5.74) is 0. The summed E-state index contributed by atoms with van der Waals surface area (Å²) in [5, 5.41) is 11.2. The first-order valence-corrected chi connectivity index (χ1v) is 6.89. The molecule has 0 saturated carbocycles. The van der Waals surface area contributed by atoms with Gasteiger partial charge < -0.3 is 15.3 Å². The zero-order valence-corrected chi connectivity index (χ0v) is 11.0. The molecule has 0 atom stereocenters. The van der Waals surface area contributed by atoms with E-state index >= 15 is 0 Å². The van der Waals surface area contributed by atoms with Gasteiger partial charge >= 0.3 is 5.97 Å². The maximum atomic E-state index is 11.3. The molecule has 1 aliphatic rings. The van der Waals surface area contributed by atoms with Gasteiger partial charge in [0.25, 0.3) is 0 Å². The zero-order chi connectivity index (χ0) is 13.2. The van der Waals surface area contributed by atoms with Gasteiger partial charge in [-0.2, -0.15) is 0 Å². The van der Waals surface area contributed by atoms with E-state index in [2.05, 4.69) is 10.2 Å². The largest absolute Gasteiger partial charge is 0.481 e. The SMILES string of the molecule is O=C(O)CCC(=O)NCCCN1CCCCCC1. The third kappa shape index (κ3) is 7.27. The Balaban J connectivity index is 1.99. The van der Waals surface area contributed by atoms with Crippen molar-refractivity contribution in [1.29, 1.82) is 0 Å². The minimum Gasteiger partial charge on any atom is -0.481 e. The highest BCUT2D eigenvalue weighted by molar-refractivity contribution is 5.80. The first-order valence-electron chi connectivity index (χ1n) is 6.89. The molecule has 1 saturated heterocycles. The molecule has 0 aliphatic carbocycles. The molecule has 1 aliphatic heterocycles. The molecular weight excluding hydrogens is 232 g/mol. The van der Waals surface area contributed by atoms with Crippen LogP contribution >= 0.6 is 0 Å². The molecule has 5 nitrogen and oxygen atoms in total. The second kappa shape index (κ2) is 8.91. The lowest BCUT2D eigenvalue weighted by molar-refractivity contribution is -0.138. The molecule has 0 bridgehead atoms. The van der Waals surface area contributed by atoms with Crippen molar-refractivity contribution < 1.29 is 14.7 Å². The van der Waals surface area contributed by atoms with Crippen LogP contribution in [0.5, 0.6) is 0 Å². The highest BCUT2D eigenvalue weighted by Gasteiger charge is 2.08. The standard InChI is InChI=1S/C13H24N2O3/c16-12(6-7-13(17)18)14-8-5-11-15-9-3-1-2-4-10-15/h1-11H2,(H,14,16)(H,17,18). The number of rotatable bonds is 7. The van der Waals surface area contributed by atoms with E-state index < -0.39 is 5.97 Å². The van der Waals surface area contributed by atoms with E-state index in [1.807, 2.05) is 0 Å². The Labute approximate surface area is 109 Å². The van der Waals surface area contributed by atoms with Gasteiger partial charge in [0.15, 0.2) is 0 Å². The lowest BCUT2D eigenvalue weighted by atomic mass is 10.2. The molecule has 1 rings (SSSR count). The van der Waals surface area contributed by atoms with Crippen molar-refractivity contribution in [1.82, 2.24) is 10.2 Å². The van der Waals surface area contributed by atoms with Crippen LogP contribution in [0.4, 0.5) is 0 Å². The van der Waals surface area contributed by atoms with Crippen LogP contribution in [-0.4, -0.2) is 48.1 Å². The predicted molar refractivity (Wildman–Crippen MR) is 69.4 cm³/mol. The Morgan fingerprint density at radius 2 is 1.72 bits per heavy atom. The van der Waals surface area contributed by atoms with Crippen molar-refractivity contribution in [2.24, 2.45) is 0 Å². The number of aliphatic carboxylic acids is 1. The van der Waals surface area contributed by atoms with Gasteiger partial charge in [-0.1, -0.05) is 12.8 Å². The maximum absolute atomic E-state index is 11.3. The van der Waals surface area contributed by atoms with E-state index in [1.165, 1.54) is 38.8 Å². The molecule has 1 heterocycles. The van der Waals surface area contributed by atoms with Gasteiger partial charge in [-0.15, -0.1) is 0 Å². The molecule has 0 aromatic carbocycles. The van der Waals surface area contributed by atoms with Crippen LogP contribution in [0.3, 0.4) is 0 Å². The van der Waals surface area contributed by atoms with Crippen LogP contribution in [0.2, 0.25) is 0 Å². The summed E-state index contributed by atoms with van der Waals surface area (Å²) in [4.78, 5) is 24.0. The molecule has 1 amide bonds. The fourth-order valence-electron chi connectivity index (χ4n) is 2.20. The number of hydrogen-bond acceptors (Lipinski definition) is 3. The van der Waals surface area contributed by atoms with Crippen molar-refractivity contribution in [2.75, 3.05) is 26.2 Å². The number of carboxylic acids is 1. The lowest BCUT2D eigenvalue weighted by Crippen LogP contribution is -2.30. The van der Waals surface area contributed by atoms with E-state index in [1.54, 1.807) is 0 Å². The zero-order valence-electron chi connectivity index (χ0n) is 11.0. The van der Waals surface area contributed by atoms with Crippen molar-refractivity contribution in [3.8, 4) is 0 Å². The summed E-state index contributed by atoms with van der Waals surface area (Å²) in [6.45, 7) is 4.02. The summed E-state index contributed by atoms with van der Waals surface area (Å²) in [6.07, 6.45) is 6.18. The van der Waals surface area contributed by atoms with Gasteiger partial charge in [0.05, 0.1) is 6.42 Å². The third-order valence-electron chi connectivity index (χ3n) is 3.24. The van der Waals surface area contributed by atoms with E-state index in [4.69, 9.17) is 5.11 Å². The summed E-state index contributed by atoms with van der Waals surface area (Å²) in [6, 6.07) is 0. The van der Waals surface area contributed by atoms with Crippen LogP contribution in [0, 0.1) is 0 Å². The van der Waals surface area contributed by atoms with E-state index in [0.29, 0.717) is 6.54 Å². The maximum Gasteiger partial charge on any atom is 0.303 e. The van der Waals surface area contributed by atoms with Crippen LogP contribution in [0.1, 0.15) is 44.9 Å². The highest BCUT2D eigenvalue weighted by atomic mass is 16.4. The number of amides is 1. The molecule has 0 aromatic rings. The van der Waals surface area contributed by atoms with Crippen molar-refractivity contribution in [3.63, 3.8) is 0 Å². The van der Waals surface area contributed by atoms with Crippen molar-refractivity contribution in [2.45, 2.75) is 44.9 Å². The Morgan fingerprint density at radius 3 is 2.33 bits per heavy atom. The van der Waals surface area contributed by atoms with E-state index in [0.717, 1.165) is 13.0 Å². The second-order valence-electron chi connectivity index (χ2n) is 4.85. The molecular formula is C13H24N2O3. The number of carbonyl (C=O) groups excluding carboxylic acids is 1. The van der Waals surface area contributed by atoms with Gasteiger partial charge in [0.2, 0.25) is 5.91 Å². The van der Waals surface area contributed by atoms with E-state index in [-0.39, 0.29) is 18.7 Å². The molecule has 2 N–H and O–H groups in total. The average Bonchev–Trinajstić information content (AvgIpc) is 2.60. The summed E-state index contributed by atoms with van der Waals surface area (Å²) >= 11 is 0. The summed E-state index contributed by atoms with van der Waals surface area (Å²) in [7, 11) is 0. The topological polar surface area (TPSA) is 69.6 Å². The molecule has 0 radical (unpaired) electrons. The van der Waals surface area contributed by atoms with Gasteiger partial charge in [0, 0.05) is 13.0 Å². The lowest BCUT2D eigenvalue weighted by Gasteiger charge is -2.19. The van der Waals surface area contributed by atoms with Gasteiger partial charge in [0.1, 0.15) is 0 Å². The number of likely N-dealkylation sites (tertiary alicyclic amines) is 1.